The van der Waals surface area contributed by atoms with E-state index in [1.165, 1.54) is 0 Å². The highest BCUT2D eigenvalue weighted by Crippen LogP contribution is 2.22. The van der Waals surface area contributed by atoms with Crippen LogP contribution >= 0.6 is 15.9 Å². The molecule has 0 aliphatic carbocycles. The summed E-state index contributed by atoms with van der Waals surface area (Å²) in [5, 5.41) is 17.7. The van der Waals surface area contributed by atoms with Crippen molar-refractivity contribution in [3.63, 3.8) is 0 Å². The van der Waals surface area contributed by atoms with Crippen molar-refractivity contribution in [3.05, 3.63) is 64.8 Å². The van der Waals surface area contributed by atoms with Crippen LogP contribution in [0.2, 0.25) is 0 Å². The van der Waals surface area contributed by atoms with E-state index in [2.05, 4.69) is 26.2 Å². The Hall–Kier alpha value is -1.98. The summed E-state index contributed by atoms with van der Waals surface area (Å²) in [5.74, 6) is 0. The van der Waals surface area contributed by atoms with Gasteiger partial charge in [-0.15, -0.1) is 5.10 Å². The standard InChI is InChI=1S/C15H12BrN3O/c16-13-6-3-5-11(8-13)14-9-19(18-17-14)15-7-2-1-4-12(15)10-20/h1-9,20H,10H2. The van der Waals surface area contributed by atoms with Crippen LogP contribution in [0.5, 0.6) is 0 Å². The molecule has 2 aromatic carbocycles. The molecule has 4 nitrogen and oxygen atoms in total. The summed E-state index contributed by atoms with van der Waals surface area (Å²) in [7, 11) is 0. The van der Waals surface area contributed by atoms with E-state index in [9.17, 15) is 5.11 Å². The average molecular weight is 330 g/mol. The van der Waals surface area contributed by atoms with Crippen LogP contribution in [0.3, 0.4) is 0 Å². The van der Waals surface area contributed by atoms with E-state index in [4.69, 9.17) is 0 Å². The van der Waals surface area contributed by atoms with Gasteiger partial charge in [-0.1, -0.05) is 51.5 Å². The number of hydrogen-bond acceptors (Lipinski definition) is 3. The topological polar surface area (TPSA) is 50.9 Å². The number of nitrogens with zero attached hydrogens (tertiary/aromatic N) is 3. The molecule has 0 amide bonds. The Kier molecular flexibility index (Phi) is 3.62. The maximum absolute atomic E-state index is 9.37. The largest absolute Gasteiger partial charge is 0.392 e. The quantitative estimate of drug-likeness (QED) is 0.802. The summed E-state index contributed by atoms with van der Waals surface area (Å²) in [4.78, 5) is 0. The van der Waals surface area contributed by atoms with Gasteiger partial charge >= 0.3 is 0 Å². The number of rotatable bonds is 3. The number of aliphatic hydroxyl groups is 1. The third-order valence-corrected chi connectivity index (χ3v) is 3.52. The van der Waals surface area contributed by atoms with Crippen LogP contribution in [0.15, 0.2) is 59.2 Å². The summed E-state index contributed by atoms with van der Waals surface area (Å²) in [5.41, 5.74) is 3.44. The van der Waals surface area contributed by atoms with Gasteiger partial charge in [0.25, 0.3) is 0 Å². The summed E-state index contributed by atoms with van der Waals surface area (Å²) >= 11 is 3.45. The molecule has 1 aromatic heterocycles. The number of aliphatic hydroxyl groups excluding tert-OH is 1. The molecule has 0 saturated carbocycles. The van der Waals surface area contributed by atoms with Gasteiger partial charge < -0.3 is 5.11 Å². The van der Waals surface area contributed by atoms with E-state index in [0.717, 1.165) is 27.0 Å². The van der Waals surface area contributed by atoms with Gasteiger partial charge in [-0.25, -0.2) is 4.68 Å². The van der Waals surface area contributed by atoms with Gasteiger partial charge in [-0.3, -0.25) is 0 Å². The summed E-state index contributed by atoms with van der Waals surface area (Å²) in [6.45, 7) is -0.0255. The lowest BCUT2D eigenvalue weighted by Gasteiger charge is -2.05. The van der Waals surface area contributed by atoms with Crippen LogP contribution < -0.4 is 0 Å². The third kappa shape index (κ3) is 2.50. The number of benzene rings is 2. The third-order valence-electron chi connectivity index (χ3n) is 3.02. The highest BCUT2D eigenvalue weighted by atomic mass is 79.9. The summed E-state index contributed by atoms with van der Waals surface area (Å²) in [6, 6.07) is 15.5. The van der Waals surface area contributed by atoms with Gasteiger partial charge in [0, 0.05) is 15.6 Å². The first-order chi connectivity index (χ1) is 9.78. The number of aromatic nitrogens is 3. The lowest BCUT2D eigenvalue weighted by atomic mass is 10.1. The van der Waals surface area contributed by atoms with Crippen molar-refractivity contribution < 1.29 is 5.11 Å². The van der Waals surface area contributed by atoms with E-state index < -0.39 is 0 Å². The molecule has 3 rings (SSSR count). The van der Waals surface area contributed by atoms with Crippen LogP contribution in [-0.2, 0) is 6.61 Å². The zero-order valence-corrected chi connectivity index (χ0v) is 12.2. The van der Waals surface area contributed by atoms with Crippen molar-refractivity contribution in [3.8, 4) is 16.9 Å². The highest BCUT2D eigenvalue weighted by molar-refractivity contribution is 9.10. The predicted molar refractivity (Wildman–Crippen MR) is 80.4 cm³/mol. The average Bonchev–Trinajstić information content (AvgIpc) is 2.97. The van der Waals surface area contributed by atoms with Crippen LogP contribution in [0.4, 0.5) is 0 Å². The Balaban J connectivity index is 2.02. The maximum atomic E-state index is 9.37. The van der Waals surface area contributed by atoms with Gasteiger partial charge in [0.15, 0.2) is 0 Å². The van der Waals surface area contributed by atoms with Gasteiger partial charge in [0.05, 0.1) is 18.5 Å². The number of para-hydroxylation sites is 1. The fourth-order valence-corrected chi connectivity index (χ4v) is 2.43. The normalized spacial score (nSPS) is 10.7. The molecular formula is C15H12BrN3O. The van der Waals surface area contributed by atoms with Crippen LogP contribution in [0, 0.1) is 0 Å². The van der Waals surface area contributed by atoms with Crippen molar-refractivity contribution in [2.24, 2.45) is 0 Å². The number of halogens is 1. The molecule has 1 N–H and O–H groups in total. The maximum Gasteiger partial charge on any atom is 0.113 e. The molecule has 0 radical (unpaired) electrons. The van der Waals surface area contributed by atoms with Crippen LogP contribution in [0.25, 0.3) is 16.9 Å². The molecule has 100 valence electrons. The fraction of sp³-hybridized carbons (Fsp3) is 0.0667. The SMILES string of the molecule is OCc1ccccc1-n1cc(-c2cccc(Br)c2)nn1. The molecule has 0 aliphatic heterocycles. The molecule has 5 heteroatoms. The lowest BCUT2D eigenvalue weighted by molar-refractivity contribution is 0.281. The van der Waals surface area contributed by atoms with Crippen molar-refractivity contribution >= 4 is 15.9 Å². The van der Waals surface area contributed by atoms with Crippen LogP contribution in [-0.4, -0.2) is 20.1 Å². The minimum absolute atomic E-state index is 0.0255. The van der Waals surface area contributed by atoms with Crippen molar-refractivity contribution in [2.75, 3.05) is 0 Å². The fourth-order valence-electron chi connectivity index (χ4n) is 2.03. The van der Waals surface area contributed by atoms with Gasteiger partial charge in [-0.05, 0) is 18.2 Å². The lowest BCUT2D eigenvalue weighted by Crippen LogP contribution is -2.00. The summed E-state index contributed by atoms with van der Waals surface area (Å²) < 4.78 is 2.68. The van der Waals surface area contributed by atoms with Crippen molar-refractivity contribution in [2.45, 2.75) is 6.61 Å². The first kappa shape index (κ1) is 13.0. The van der Waals surface area contributed by atoms with E-state index >= 15 is 0 Å². The molecule has 0 unspecified atom stereocenters. The Morgan fingerprint density at radius 1 is 1.10 bits per heavy atom. The first-order valence-corrected chi connectivity index (χ1v) is 6.94. The molecule has 0 atom stereocenters. The first-order valence-electron chi connectivity index (χ1n) is 6.15. The molecule has 0 spiro atoms. The Morgan fingerprint density at radius 2 is 1.95 bits per heavy atom. The van der Waals surface area contributed by atoms with Gasteiger partial charge in [0.2, 0.25) is 0 Å². The van der Waals surface area contributed by atoms with E-state index in [1.807, 2.05) is 54.7 Å². The molecule has 0 aliphatic rings. The van der Waals surface area contributed by atoms with E-state index in [0.29, 0.717) is 0 Å². The molecule has 0 bridgehead atoms. The Morgan fingerprint density at radius 3 is 2.75 bits per heavy atom. The Labute approximate surface area is 124 Å². The molecular weight excluding hydrogens is 318 g/mol. The van der Waals surface area contributed by atoms with Gasteiger partial charge in [-0.2, -0.15) is 0 Å². The number of hydrogen-bond donors (Lipinski definition) is 1. The molecule has 3 aromatic rings. The van der Waals surface area contributed by atoms with E-state index in [1.54, 1.807) is 4.68 Å². The second kappa shape index (κ2) is 5.56. The monoisotopic (exact) mass is 329 g/mol. The molecule has 1 heterocycles. The van der Waals surface area contributed by atoms with Gasteiger partial charge in [0.1, 0.15) is 5.69 Å². The van der Waals surface area contributed by atoms with E-state index in [-0.39, 0.29) is 6.61 Å². The minimum atomic E-state index is -0.0255. The van der Waals surface area contributed by atoms with Crippen molar-refractivity contribution in [1.82, 2.24) is 15.0 Å². The second-order valence-corrected chi connectivity index (χ2v) is 5.26. The smallest absolute Gasteiger partial charge is 0.113 e. The highest BCUT2D eigenvalue weighted by Gasteiger charge is 2.08. The van der Waals surface area contributed by atoms with Crippen LogP contribution in [0.1, 0.15) is 5.56 Å². The second-order valence-electron chi connectivity index (χ2n) is 4.35. The minimum Gasteiger partial charge on any atom is -0.392 e. The molecule has 0 saturated heterocycles. The van der Waals surface area contributed by atoms with Crippen molar-refractivity contribution in [1.29, 1.82) is 0 Å². The summed E-state index contributed by atoms with van der Waals surface area (Å²) in [6.07, 6.45) is 1.86. The predicted octanol–water partition coefficient (Wildman–Crippen LogP) is 3.19. The zero-order chi connectivity index (χ0) is 13.9. The zero-order valence-electron chi connectivity index (χ0n) is 10.6. The molecule has 0 fully saturated rings. The Bertz CT molecular complexity index is 739. The molecule has 20 heavy (non-hydrogen) atoms.